The van der Waals surface area contributed by atoms with Gasteiger partial charge in [-0.25, -0.2) is 19.6 Å². The molecule has 0 fully saturated rings. The van der Waals surface area contributed by atoms with Gasteiger partial charge in [-0.2, -0.15) is 0 Å². The van der Waals surface area contributed by atoms with Gasteiger partial charge in [-0.15, -0.1) is 0 Å². The van der Waals surface area contributed by atoms with Crippen LogP contribution >= 0.6 is 0 Å². The van der Waals surface area contributed by atoms with Gasteiger partial charge in [-0.05, 0) is 37.1 Å². The van der Waals surface area contributed by atoms with Crippen LogP contribution in [0.25, 0.3) is 22.1 Å². The standard InChI is InChI=1S/2C12H15N3O3/c2*1-3-6-18-8-4-5-9-10(7-8)14-11(13-9)15-12(16)17-2/h2*4-5,7H,3,6H2,1-2H3,(H2,13,14,15,16). The summed E-state index contributed by atoms with van der Waals surface area (Å²) in [5, 5.41) is 4.95. The Morgan fingerprint density at radius 3 is 1.53 bits per heavy atom. The summed E-state index contributed by atoms with van der Waals surface area (Å²) >= 11 is 0. The van der Waals surface area contributed by atoms with Crippen LogP contribution in [-0.2, 0) is 9.47 Å². The molecule has 0 spiro atoms. The second-order valence-corrected chi connectivity index (χ2v) is 7.46. The van der Waals surface area contributed by atoms with Crippen LogP contribution in [0.15, 0.2) is 36.4 Å². The first-order valence-electron chi connectivity index (χ1n) is 11.4. The summed E-state index contributed by atoms with van der Waals surface area (Å²) in [5.41, 5.74) is 3.11. The monoisotopic (exact) mass is 498 g/mol. The summed E-state index contributed by atoms with van der Waals surface area (Å²) in [4.78, 5) is 36.4. The van der Waals surface area contributed by atoms with E-state index in [2.05, 4.69) is 40.0 Å². The second-order valence-electron chi connectivity index (χ2n) is 7.46. The molecule has 0 atom stereocenters. The molecule has 0 aliphatic rings. The van der Waals surface area contributed by atoms with Crippen molar-refractivity contribution in [3.8, 4) is 11.5 Å². The summed E-state index contributed by atoms with van der Waals surface area (Å²) in [6.45, 7) is 5.44. The zero-order valence-corrected chi connectivity index (χ0v) is 20.6. The van der Waals surface area contributed by atoms with Crippen LogP contribution in [0.1, 0.15) is 26.7 Å². The Bertz CT molecular complexity index is 1200. The van der Waals surface area contributed by atoms with Gasteiger partial charge < -0.3 is 28.9 Å². The number of anilines is 2. The number of carbonyl (C=O) groups is 2. The molecule has 0 aliphatic heterocycles. The highest BCUT2D eigenvalue weighted by molar-refractivity contribution is 5.87. The lowest BCUT2D eigenvalue weighted by Crippen LogP contribution is -2.11. The summed E-state index contributed by atoms with van der Waals surface area (Å²) in [6.07, 6.45) is 0.791. The van der Waals surface area contributed by atoms with Gasteiger partial charge in [0.05, 0.1) is 49.5 Å². The molecule has 0 radical (unpaired) electrons. The predicted octanol–water partition coefficient (Wildman–Crippen LogP) is 5.06. The number of benzene rings is 2. The number of hydrogen-bond donors (Lipinski definition) is 4. The van der Waals surface area contributed by atoms with Gasteiger partial charge in [-0.1, -0.05) is 13.8 Å². The number of nitrogens with zero attached hydrogens (tertiary/aromatic N) is 2. The third kappa shape index (κ3) is 7.26. The number of nitrogens with one attached hydrogen (secondary N) is 4. The van der Waals surface area contributed by atoms with Crippen molar-refractivity contribution < 1.29 is 28.5 Å². The average Bonchev–Trinajstić information content (AvgIpc) is 3.48. The largest absolute Gasteiger partial charge is 0.494 e. The number of aromatic nitrogens is 4. The molecular weight excluding hydrogens is 468 g/mol. The molecule has 0 saturated heterocycles. The average molecular weight is 499 g/mol. The number of aromatic amines is 2. The van der Waals surface area contributed by atoms with E-state index in [-0.39, 0.29) is 0 Å². The predicted molar refractivity (Wildman–Crippen MR) is 136 cm³/mol. The van der Waals surface area contributed by atoms with Crippen molar-refractivity contribution in [1.82, 2.24) is 19.9 Å². The number of imidazole rings is 2. The van der Waals surface area contributed by atoms with E-state index in [1.165, 1.54) is 14.2 Å². The van der Waals surface area contributed by atoms with Crippen molar-refractivity contribution in [2.24, 2.45) is 0 Å². The van der Waals surface area contributed by atoms with E-state index >= 15 is 0 Å². The molecular formula is C24H30N6O6. The number of ether oxygens (including phenoxy) is 4. The van der Waals surface area contributed by atoms with E-state index in [9.17, 15) is 9.59 Å². The molecule has 2 heterocycles. The molecule has 2 amide bonds. The molecule has 2 aromatic carbocycles. The fraction of sp³-hybridized carbons (Fsp3) is 0.333. The summed E-state index contributed by atoms with van der Waals surface area (Å²) in [5.74, 6) is 2.25. The first kappa shape index (κ1) is 26.1. The molecule has 192 valence electrons. The molecule has 4 rings (SSSR count). The van der Waals surface area contributed by atoms with Gasteiger partial charge >= 0.3 is 12.2 Å². The molecule has 2 aromatic heterocycles. The van der Waals surface area contributed by atoms with E-state index < -0.39 is 12.2 Å². The van der Waals surface area contributed by atoms with Crippen molar-refractivity contribution in [2.45, 2.75) is 26.7 Å². The first-order chi connectivity index (χ1) is 17.4. The van der Waals surface area contributed by atoms with Crippen LogP contribution in [0.2, 0.25) is 0 Å². The highest BCUT2D eigenvalue weighted by atomic mass is 16.5. The fourth-order valence-corrected chi connectivity index (χ4v) is 3.01. The first-order valence-corrected chi connectivity index (χ1v) is 11.4. The van der Waals surface area contributed by atoms with Gasteiger partial charge in [-0.3, -0.25) is 10.6 Å². The maximum atomic E-state index is 11.0. The molecule has 0 bridgehead atoms. The third-order valence-electron chi connectivity index (χ3n) is 4.66. The maximum absolute atomic E-state index is 11.0. The Labute approximate surface area is 207 Å². The highest BCUT2D eigenvalue weighted by Gasteiger charge is 2.08. The molecule has 36 heavy (non-hydrogen) atoms. The van der Waals surface area contributed by atoms with Crippen LogP contribution < -0.4 is 20.1 Å². The Balaban J connectivity index is 0.000000201. The number of rotatable bonds is 8. The minimum atomic E-state index is -0.559. The van der Waals surface area contributed by atoms with Crippen molar-refractivity contribution in [3.05, 3.63) is 36.4 Å². The second kappa shape index (κ2) is 12.8. The topological polar surface area (TPSA) is 152 Å². The van der Waals surface area contributed by atoms with Crippen LogP contribution in [0.4, 0.5) is 21.5 Å². The number of methoxy groups -OCH3 is 2. The van der Waals surface area contributed by atoms with Gasteiger partial charge in [0.15, 0.2) is 0 Å². The fourth-order valence-electron chi connectivity index (χ4n) is 3.01. The Kier molecular flexibility index (Phi) is 9.32. The van der Waals surface area contributed by atoms with Crippen LogP contribution in [0.3, 0.4) is 0 Å². The van der Waals surface area contributed by atoms with Crippen molar-refractivity contribution in [2.75, 3.05) is 38.1 Å². The molecule has 0 unspecified atom stereocenters. The highest BCUT2D eigenvalue weighted by Crippen LogP contribution is 2.22. The summed E-state index contributed by atoms with van der Waals surface area (Å²) in [7, 11) is 2.60. The Hall–Kier alpha value is -4.48. The van der Waals surface area contributed by atoms with E-state index in [0.717, 1.165) is 46.4 Å². The molecule has 0 aliphatic carbocycles. The van der Waals surface area contributed by atoms with Crippen molar-refractivity contribution in [3.63, 3.8) is 0 Å². The lowest BCUT2D eigenvalue weighted by atomic mass is 10.3. The van der Waals surface area contributed by atoms with E-state index in [4.69, 9.17) is 9.47 Å². The van der Waals surface area contributed by atoms with Crippen molar-refractivity contribution in [1.29, 1.82) is 0 Å². The van der Waals surface area contributed by atoms with Crippen LogP contribution in [-0.4, -0.2) is 59.6 Å². The molecule has 4 aromatic rings. The summed E-state index contributed by atoms with van der Waals surface area (Å²) < 4.78 is 20.0. The maximum Gasteiger partial charge on any atom is 0.413 e. The number of hydrogen-bond acceptors (Lipinski definition) is 8. The van der Waals surface area contributed by atoms with E-state index in [1.54, 1.807) is 0 Å². The normalized spacial score (nSPS) is 10.3. The zero-order chi connectivity index (χ0) is 25.9. The number of amides is 2. The molecule has 4 N–H and O–H groups in total. The van der Waals surface area contributed by atoms with E-state index in [1.807, 2.05) is 50.2 Å². The van der Waals surface area contributed by atoms with Crippen molar-refractivity contribution >= 4 is 46.1 Å². The van der Waals surface area contributed by atoms with Crippen LogP contribution in [0.5, 0.6) is 11.5 Å². The molecule has 0 saturated carbocycles. The Morgan fingerprint density at radius 2 is 1.17 bits per heavy atom. The summed E-state index contributed by atoms with van der Waals surface area (Å²) in [6, 6.07) is 11.1. The smallest absolute Gasteiger partial charge is 0.413 e. The van der Waals surface area contributed by atoms with Gasteiger partial charge in [0, 0.05) is 12.1 Å². The van der Waals surface area contributed by atoms with Crippen LogP contribution in [0, 0.1) is 0 Å². The quantitative estimate of drug-likeness (QED) is 0.263. The lowest BCUT2D eigenvalue weighted by molar-refractivity contribution is 0.186. The Morgan fingerprint density at radius 1 is 0.750 bits per heavy atom. The zero-order valence-electron chi connectivity index (χ0n) is 20.6. The minimum Gasteiger partial charge on any atom is -0.494 e. The van der Waals surface area contributed by atoms with E-state index in [0.29, 0.717) is 25.1 Å². The lowest BCUT2D eigenvalue weighted by Gasteiger charge is -2.02. The molecule has 12 heteroatoms. The SMILES string of the molecule is CCCOc1ccc2nc(NC(=O)OC)[nH]c2c1.CCCOc1ccc2nc(NC(=O)OC)[nH]c2c1. The third-order valence-corrected chi connectivity index (χ3v) is 4.66. The van der Waals surface area contributed by atoms with Gasteiger partial charge in [0.1, 0.15) is 11.5 Å². The minimum absolute atomic E-state index is 0.351. The number of fused-ring (bicyclic) bond motifs is 2. The van der Waals surface area contributed by atoms with Gasteiger partial charge in [0.2, 0.25) is 11.9 Å². The number of carbonyl (C=O) groups excluding carboxylic acids is 2. The number of H-pyrrole nitrogens is 2. The molecule has 12 nitrogen and oxygen atoms in total. The van der Waals surface area contributed by atoms with Gasteiger partial charge in [0.25, 0.3) is 0 Å².